The number of hydrogen-bond acceptors (Lipinski definition) is 5. The standard InChI is InChI=1S/C16H15N5O2S/c1-21-14(19-16(23)13-6-4-8-24-13)9-12(20-21)15(22)18-10-11-5-2-3-7-17-11/h2-9H,10H2,1H3,(H,18,22)(H,19,23). The fraction of sp³-hybridized carbons (Fsp3) is 0.125. The van der Waals surface area contributed by atoms with Gasteiger partial charge in [-0.25, -0.2) is 0 Å². The summed E-state index contributed by atoms with van der Waals surface area (Å²) in [7, 11) is 1.67. The predicted octanol–water partition coefficient (Wildman–Crippen LogP) is 2.06. The Bertz CT molecular complexity index is 843. The van der Waals surface area contributed by atoms with Crippen LogP contribution in [-0.2, 0) is 13.6 Å². The maximum absolute atomic E-state index is 12.2. The number of amides is 2. The summed E-state index contributed by atoms with van der Waals surface area (Å²) in [5.74, 6) is -0.0993. The van der Waals surface area contributed by atoms with Gasteiger partial charge < -0.3 is 10.6 Å². The normalized spacial score (nSPS) is 10.4. The molecule has 7 nitrogen and oxygen atoms in total. The van der Waals surface area contributed by atoms with Gasteiger partial charge in [0.05, 0.1) is 17.1 Å². The molecule has 24 heavy (non-hydrogen) atoms. The molecular formula is C16H15N5O2S. The van der Waals surface area contributed by atoms with Crippen molar-refractivity contribution in [1.29, 1.82) is 0 Å². The van der Waals surface area contributed by atoms with Crippen LogP contribution in [0.4, 0.5) is 5.82 Å². The summed E-state index contributed by atoms with van der Waals surface area (Å²) >= 11 is 1.35. The van der Waals surface area contributed by atoms with Gasteiger partial charge in [-0.05, 0) is 23.6 Å². The highest BCUT2D eigenvalue weighted by molar-refractivity contribution is 7.12. The molecule has 0 atom stereocenters. The third kappa shape index (κ3) is 3.66. The smallest absolute Gasteiger partial charge is 0.272 e. The van der Waals surface area contributed by atoms with Crippen molar-refractivity contribution in [2.75, 3.05) is 5.32 Å². The lowest BCUT2D eigenvalue weighted by Crippen LogP contribution is -2.23. The lowest BCUT2D eigenvalue weighted by Gasteiger charge is -2.02. The molecule has 0 aliphatic carbocycles. The van der Waals surface area contributed by atoms with Crippen molar-refractivity contribution in [3.05, 3.63) is 64.2 Å². The molecule has 3 heterocycles. The molecule has 3 rings (SSSR count). The minimum atomic E-state index is -0.326. The number of pyridine rings is 1. The number of aryl methyl sites for hydroxylation is 1. The fourth-order valence-corrected chi connectivity index (χ4v) is 2.66. The maximum atomic E-state index is 12.2. The average molecular weight is 341 g/mol. The lowest BCUT2D eigenvalue weighted by atomic mass is 10.3. The molecular weight excluding hydrogens is 326 g/mol. The number of rotatable bonds is 5. The zero-order valence-electron chi connectivity index (χ0n) is 12.9. The summed E-state index contributed by atoms with van der Waals surface area (Å²) < 4.78 is 1.46. The first-order valence-electron chi connectivity index (χ1n) is 7.20. The van der Waals surface area contributed by atoms with Crippen LogP contribution in [0.15, 0.2) is 48.0 Å². The van der Waals surface area contributed by atoms with E-state index in [4.69, 9.17) is 0 Å². The number of carbonyl (C=O) groups is 2. The van der Waals surface area contributed by atoms with E-state index in [9.17, 15) is 9.59 Å². The molecule has 0 aromatic carbocycles. The van der Waals surface area contributed by atoms with E-state index in [0.29, 0.717) is 17.2 Å². The van der Waals surface area contributed by atoms with Gasteiger partial charge in [0.15, 0.2) is 5.69 Å². The van der Waals surface area contributed by atoms with E-state index in [1.165, 1.54) is 16.0 Å². The van der Waals surface area contributed by atoms with Gasteiger partial charge in [0, 0.05) is 19.3 Å². The van der Waals surface area contributed by atoms with E-state index >= 15 is 0 Å². The van der Waals surface area contributed by atoms with Crippen molar-refractivity contribution in [3.63, 3.8) is 0 Å². The highest BCUT2D eigenvalue weighted by atomic mass is 32.1. The van der Waals surface area contributed by atoms with Crippen LogP contribution in [-0.4, -0.2) is 26.6 Å². The Labute approximate surface area is 142 Å². The Hall–Kier alpha value is -3.00. The molecule has 0 spiro atoms. The fourth-order valence-electron chi connectivity index (χ4n) is 2.04. The highest BCUT2D eigenvalue weighted by Crippen LogP contribution is 2.14. The Morgan fingerprint density at radius 1 is 1.21 bits per heavy atom. The molecule has 2 N–H and O–H groups in total. The van der Waals surface area contributed by atoms with Crippen LogP contribution in [0.2, 0.25) is 0 Å². The van der Waals surface area contributed by atoms with Gasteiger partial charge in [0.25, 0.3) is 11.8 Å². The van der Waals surface area contributed by atoms with Gasteiger partial charge in [-0.3, -0.25) is 19.3 Å². The molecule has 0 aliphatic rings. The Morgan fingerprint density at radius 3 is 2.79 bits per heavy atom. The average Bonchev–Trinajstić information content (AvgIpc) is 3.24. The molecule has 0 bridgehead atoms. The molecule has 0 radical (unpaired) electrons. The molecule has 0 fully saturated rings. The zero-order valence-corrected chi connectivity index (χ0v) is 13.7. The van der Waals surface area contributed by atoms with Crippen LogP contribution < -0.4 is 10.6 Å². The Kier molecular flexibility index (Phi) is 4.66. The molecule has 0 saturated heterocycles. The maximum Gasteiger partial charge on any atom is 0.272 e. The summed E-state index contributed by atoms with van der Waals surface area (Å²) in [4.78, 5) is 29.0. The van der Waals surface area contributed by atoms with Crippen molar-refractivity contribution in [1.82, 2.24) is 20.1 Å². The van der Waals surface area contributed by atoms with E-state index in [2.05, 4.69) is 20.7 Å². The minimum absolute atomic E-state index is 0.228. The largest absolute Gasteiger partial charge is 0.345 e. The van der Waals surface area contributed by atoms with E-state index in [1.807, 2.05) is 23.6 Å². The van der Waals surface area contributed by atoms with Gasteiger partial charge in [-0.1, -0.05) is 12.1 Å². The quantitative estimate of drug-likeness (QED) is 0.743. The van der Waals surface area contributed by atoms with Crippen LogP contribution in [0, 0.1) is 0 Å². The topological polar surface area (TPSA) is 88.9 Å². The molecule has 0 aliphatic heterocycles. The molecule has 3 aromatic rings. The van der Waals surface area contributed by atoms with E-state index in [1.54, 1.807) is 31.4 Å². The van der Waals surface area contributed by atoms with Crippen molar-refractivity contribution >= 4 is 29.0 Å². The molecule has 122 valence electrons. The first-order chi connectivity index (χ1) is 11.6. The summed E-state index contributed by atoms with van der Waals surface area (Å²) in [6, 6.07) is 10.6. The number of carbonyl (C=O) groups excluding carboxylic acids is 2. The van der Waals surface area contributed by atoms with Crippen molar-refractivity contribution in [2.45, 2.75) is 6.54 Å². The van der Waals surface area contributed by atoms with Crippen LogP contribution in [0.5, 0.6) is 0 Å². The first kappa shape index (κ1) is 15.9. The molecule has 8 heteroatoms. The van der Waals surface area contributed by atoms with Crippen LogP contribution in [0.1, 0.15) is 25.9 Å². The van der Waals surface area contributed by atoms with Crippen LogP contribution in [0.25, 0.3) is 0 Å². The Morgan fingerprint density at radius 2 is 2.08 bits per heavy atom. The second-order valence-electron chi connectivity index (χ2n) is 4.97. The summed E-state index contributed by atoms with van der Waals surface area (Å²) in [5, 5.41) is 11.4. The number of hydrogen-bond donors (Lipinski definition) is 2. The second kappa shape index (κ2) is 7.05. The predicted molar refractivity (Wildman–Crippen MR) is 90.9 cm³/mol. The SMILES string of the molecule is Cn1nc(C(=O)NCc2ccccn2)cc1NC(=O)c1cccs1. The van der Waals surface area contributed by atoms with E-state index in [0.717, 1.165) is 5.69 Å². The number of nitrogens with one attached hydrogen (secondary N) is 2. The number of anilines is 1. The third-order valence-electron chi connectivity index (χ3n) is 3.26. The van der Waals surface area contributed by atoms with Crippen molar-refractivity contribution < 1.29 is 9.59 Å². The van der Waals surface area contributed by atoms with Crippen molar-refractivity contribution in [2.24, 2.45) is 7.05 Å². The first-order valence-corrected chi connectivity index (χ1v) is 8.08. The summed E-state index contributed by atoms with van der Waals surface area (Å²) in [5.41, 5.74) is 0.989. The summed E-state index contributed by atoms with van der Waals surface area (Å²) in [6.45, 7) is 0.313. The van der Waals surface area contributed by atoms with E-state index < -0.39 is 0 Å². The zero-order chi connectivity index (χ0) is 16.9. The van der Waals surface area contributed by atoms with E-state index in [-0.39, 0.29) is 17.5 Å². The van der Waals surface area contributed by atoms with Crippen LogP contribution in [0.3, 0.4) is 0 Å². The molecule has 2 amide bonds. The number of thiophene rings is 1. The van der Waals surface area contributed by atoms with Gasteiger partial charge in [0.1, 0.15) is 5.82 Å². The monoisotopic (exact) mass is 341 g/mol. The van der Waals surface area contributed by atoms with Crippen molar-refractivity contribution in [3.8, 4) is 0 Å². The lowest BCUT2D eigenvalue weighted by molar-refractivity contribution is 0.0944. The second-order valence-corrected chi connectivity index (χ2v) is 5.92. The number of nitrogens with zero attached hydrogens (tertiary/aromatic N) is 3. The van der Waals surface area contributed by atoms with Gasteiger partial charge in [-0.2, -0.15) is 5.10 Å². The van der Waals surface area contributed by atoms with Gasteiger partial charge >= 0.3 is 0 Å². The van der Waals surface area contributed by atoms with Gasteiger partial charge in [-0.15, -0.1) is 11.3 Å². The molecule has 0 saturated carbocycles. The molecule has 3 aromatic heterocycles. The molecule has 0 unspecified atom stereocenters. The Balaban J connectivity index is 1.64. The van der Waals surface area contributed by atoms with Gasteiger partial charge in [0.2, 0.25) is 0 Å². The number of aromatic nitrogens is 3. The van der Waals surface area contributed by atoms with Crippen LogP contribution >= 0.6 is 11.3 Å². The third-order valence-corrected chi connectivity index (χ3v) is 4.12. The summed E-state index contributed by atoms with van der Waals surface area (Å²) in [6.07, 6.45) is 1.67. The highest BCUT2D eigenvalue weighted by Gasteiger charge is 2.15. The minimum Gasteiger partial charge on any atom is -0.345 e.